The number of nitrogens with zero attached hydrogens (tertiary/aromatic N) is 1. The van der Waals surface area contributed by atoms with Crippen molar-refractivity contribution < 1.29 is 9.59 Å². The van der Waals surface area contributed by atoms with Crippen molar-refractivity contribution in [1.29, 1.82) is 0 Å². The summed E-state index contributed by atoms with van der Waals surface area (Å²) in [6, 6.07) is 7.62. The SMILES string of the molecule is CCC(=O)Nc1cccc(C(=O)N(CC)C2CCCCC2)c1. The molecule has 4 heteroatoms. The quantitative estimate of drug-likeness (QED) is 0.898. The summed E-state index contributed by atoms with van der Waals surface area (Å²) in [5.74, 6) is 0.0335. The summed E-state index contributed by atoms with van der Waals surface area (Å²) < 4.78 is 0. The van der Waals surface area contributed by atoms with Crippen molar-refractivity contribution in [3.63, 3.8) is 0 Å². The predicted molar refractivity (Wildman–Crippen MR) is 88.9 cm³/mol. The first-order chi connectivity index (χ1) is 10.7. The van der Waals surface area contributed by atoms with Crippen molar-refractivity contribution in [1.82, 2.24) is 4.90 Å². The van der Waals surface area contributed by atoms with Crippen LogP contribution in [-0.2, 0) is 4.79 Å². The van der Waals surface area contributed by atoms with Crippen LogP contribution >= 0.6 is 0 Å². The highest BCUT2D eigenvalue weighted by molar-refractivity contribution is 5.97. The lowest BCUT2D eigenvalue weighted by atomic mass is 9.93. The molecule has 120 valence electrons. The molecule has 0 aliphatic heterocycles. The molecule has 4 nitrogen and oxygen atoms in total. The zero-order valence-electron chi connectivity index (χ0n) is 13.6. The van der Waals surface area contributed by atoms with E-state index >= 15 is 0 Å². The standard InChI is InChI=1S/C18H26N2O2/c1-3-17(21)19-15-10-8-9-14(13-15)18(22)20(4-2)16-11-6-5-7-12-16/h8-10,13,16H,3-7,11-12H2,1-2H3,(H,19,21). The van der Waals surface area contributed by atoms with Crippen LogP contribution in [0.5, 0.6) is 0 Å². The molecule has 1 aromatic rings. The van der Waals surface area contributed by atoms with Gasteiger partial charge in [0.05, 0.1) is 0 Å². The molecule has 2 amide bonds. The van der Waals surface area contributed by atoms with Crippen LogP contribution in [0.1, 0.15) is 62.7 Å². The minimum atomic E-state index is -0.0378. The number of anilines is 1. The Hall–Kier alpha value is -1.84. The number of nitrogens with one attached hydrogen (secondary N) is 1. The molecule has 1 fully saturated rings. The molecule has 22 heavy (non-hydrogen) atoms. The number of benzene rings is 1. The Labute approximate surface area is 132 Å². The van der Waals surface area contributed by atoms with E-state index in [1.165, 1.54) is 19.3 Å². The van der Waals surface area contributed by atoms with Crippen LogP contribution in [0.25, 0.3) is 0 Å². The smallest absolute Gasteiger partial charge is 0.254 e. The molecular formula is C18H26N2O2. The van der Waals surface area contributed by atoms with Gasteiger partial charge in [0, 0.05) is 30.3 Å². The maximum atomic E-state index is 12.8. The topological polar surface area (TPSA) is 49.4 Å². The third kappa shape index (κ3) is 4.09. The lowest BCUT2D eigenvalue weighted by Crippen LogP contribution is -2.41. The molecule has 0 saturated heterocycles. The molecule has 1 N–H and O–H groups in total. The third-order valence-electron chi connectivity index (χ3n) is 4.33. The fourth-order valence-corrected chi connectivity index (χ4v) is 3.11. The number of hydrogen-bond donors (Lipinski definition) is 1. The number of carbonyl (C=O) groups excluding carboxylic acids is 2. The van der Waals surface area contributed by atoms with Gasteiger partial charge in [-0.15, -0.1) is 0 Å². The molecule has 0 aromatic heterocycles. The van der Waals surface area contributed by atoms with Crippen molar-refractivity contribution in [2.75, 3.05) is 11.9 Å². The molecular weight excluding hydrogens is 276 g/mol. The molecule has 1 aliphatic rings. The van der Waals surface area contributed by atoms with E-state index in [9.17, 15) is 9.59 Å². The Bertz CT molecular complexity index is 522. The summed E-state index contributed by atoms with van der Waals surface area (Å²) in [5.41, 5.74) is 1.35. The van der Waals surface area contributed by atoms with Gasteiger partial charge < -0.3 is 10.2 Å². The largest absolute Gasteiger partial charge is 0.336 e. The van der Waals surface area contributed by atoms with E-state index < -0.39 is 0 Å². The van der Waals surface area contributed by atoms with Gasteiger partial charge in [-0.25, -0.2) is 0 Å². The molecule has 1 aromatic carbocycles. The number of rotatable bonds is 5. The van der Waals surface area contributed by atoms with Gasteiger partial charge in [0.25, 0.3) is 5.91 Å². The monoisotopic (exact) mass is 302 g/mol. The second-order valence-corrected chi connectivity index (χ2v) is 5.87. The predicted octanol–water partition coefficient (Wildman–Crippen LogP) is 3.83. The molecule has 0 radical (unpaired) electrons. The van der Waals surface area contributed by atoms with Crippen LogP contribution in [0.3, 0.4) is 0 Å². The molecule has 0 atom stereocenters. The molecule has 0 spiro atoms. The highest BCUT2D eigenvalue weighted by Gasteiger charge is 2.25. The van der Waals surface area contributed by atoms with E-state index in [4.69, 9.17) is 0 Å². The summed E-state index contributed by atoms with van der Waals surface area (Å²) >= 11 is 0. The van der Waals surface area contributed by atoms with Crippen LogP contribution in [0, 0.1) is 0 Å². The Morgan fingerprint density at radius 3 is 2.55 bits per heavy atom. The maximum Gasteiger partial charge on any atom is 0.254 e. The zero-order chi connectivity index (χ0) is 15.9. The Balaban J connectivity index is 2.12. The lowest BCUT2D eigenvalue weighted by molar-refractivity contribution is -0.115. The van der Waals surface area contributed by atoms with Crippen LogP contribution in [0.4, 0.5) is 5.69 Å². The first-order valence-electron chi connectivity index (χ1n) is 8.36. The van der Waals surface area contributed by atoms with Gasteiger partial charge in [-0.2, -0.15) is 0 Å². The molecule has 1 aliphatic carbocycles. The fourth-order valence-electron chi connectivity index (χ4n) is 3.11. The van der Waals surface area contributed by atoms with Gasteiger partial charge >= 0.3 is 0 Å². The minimum Gasteiger partial charge on any atom is -0.336 e. The van der Waals surface area contributed by atoms with Crippen molar-refractivity contribution in [2.45, 2.75) is 58.4 Å². The van der Waals surface area contributed by atoms with Gasteiger partial charge in [0.15, 0.2) is 0 Å². The number of amides is 2. The maximum absolute atomic E-state index is 12.8. The van der Waals surface area contributed by atoms with E-state index in [0.717, 1.165) is 19.4 Å². The van der Waals surface area contributed by atoms with E-state index in [1.807, 2.05) is 36.9 Å². The molecule has 0 bridgehead atoms. The van der Waals surface area contributed by atoms with Crippen molar-refractivity contribution >= 4 is 17.5 Å². The van der Waals surface area contributed by atoms with Crippen LogP contribution in [-0.4, -0.2) is 29.3 Å². The van der Waals surface area contributed by atoms with E-state index in [1.54, 1.807) is 6.07 Å². The van der Waals surface area contributed by atoms with Crippen LogP contribution < -0.4 is 5.32 Å². The first-order valence-corrected chi connectivity index (χ1v) is 8.36. The summed E-state index contributed by atoms with van der Waals surface area (Å²) in [6.45, 7) is 4.58. The average Bonchev–Trinajstić information content (AvgIpc) is 2.56. The molecule has 0 heterocycles. The average molecular weight is 302 g/mol. The summed E-state index contributed by atoms with van der Waals surface area (Å²) in [5, 5.41) is 2.81. The van der Waals surface area contributed by atoms with Crippen molar-refractivity contribution in [3.8, 4) is 0 Å². The highest BCUT2D eigenvalue weighted by Crippen LogP contribution is 2.24. The second-order valence-electron chi connectivity index (χ2n) is 5.87. The summed E-state index contributed by atoms with van der Waals surface area (Å²) in [7, 11) is 0. The van der Waals surface area contributed by atoms with E-state index in [0.29, 0.717) is 23.7 Å². The Kier molecular flexibility index (Phi) is 5.99. The Morgan fingerprint density at radius 2 is 1.91 bits per heavy atom. The fraction of sp³-hybridized carbons (Fsp3) is 0.556. The van der Waals surface area contributed by atoms with Crippen molar-refractivity contribution in [3.05, 3.63) is 29.8 Å². The summed E-state index contributed by atoms with van der Waals surface area (Å²) in [6.07, 6.45) is 6.34. The summed E-state index contributed by atoms with van der Waals surface area (Å²) in [4.78, 5) is 26.3. The van der Waals surface area contributed by atoms with Gasteiger partial charge in [0.2, 0.25) is 5.91 Å². The van der Waals surface area contributed by atoms with Gasteiger partial charge in [0.1, 0.15) is 0 Å². The van der Waals surface area contributed by atoms with Gasteiger partial charge in [-0.1, -0.05) is 32.3 Å². The Morgan fingerprint density at radius 1 is 1.18 bits per heavy atom. The lowest BCUT2D eigenvalue weighted by Gasteiger charge is -2.33. The third-order valence-corrected chi connectivity index (χ3v) is 4.33. The minimum absolute atomic E-state index is 0.0378. The normalized spacial score (nSPS) is 15.4. The van der Waals surface area contributed by atoms with Gasteiger partial charge in [-0.05, 0) is 38.0 Å². The van der Waals surface area contributed by atoms with Crippen LogP contribution in [0.2, 0.25) is 0 Å². The zero-order valence-corrected chi connectivity index (χ0v) is 13.6. The van der Waals surface area contributed by atoms with Gasteiger partial charge in [-0.3, -0.25) is 9.59 Å². The van der Waals surface area contributed by atoms with E-state index in [2.05, 4.69) is 5.32 Å². The first kappa shape index (κ1) is 16.5. The van der Waals surface area contributed by atoms with Crippen LogP contribution in [0.15, 0.2) is 24.3 Å². The molecule has 2 rings (SSSR count). The number of carbonyl (C=O) groups is 2. The molecule has 1 saturated carbocycles. The molecule has 0 unspecified atom stereocenters. The highest BCUT2D eigenvalue weighted by atomic mass is 16.2. The number of hydrogen-bond acceptors (Lipinski definition) is 2. The van der Waals surface area contributed by atoms with Crippen molar-refractivity contribution in [2.24, 2.45) is 0 Å². The second kappa shape index (κ2) is 7.97. The van der Waals surface area contributed by atoms with E-state index in [-0.39, 0.29) is 11.8 Å².